The van der Waals surface area contributed by atoms with Crippen LogP contribution in [0.15, 0.2) is 12.3 Å². The van der Waals surface area contributed by atoms with E-state index in [2.05, 4.69) is 25.2 Å². The summed E-state index contributed by atoms with van der Waals surface area (Å²) in [5.74, 6) is 1.86. The molecule has 2 N–H and O–H groups in total. The van der Waals surface area contributed by atoms with Crippen molar-refractivity contribution in [1.82, 2.24) is 5.32 Å². The summed E-state index contributed by atoms with van der Waals surface area (Å²) >= 11 is 0. The van der Waals surface area contributed by atoms with Crippen molar-refractivity contribution in [3.63, 3.8) is 0 Å². The molecule has 0 bridgehead atoms. The first-order chi connectivity index (χ1) is 10.6. The van der Waals surface area contributed by atoms with Gasteiger partial charge in [0.1, 0.15) is 6.23 Å². The number of rotatable bonds is 13. The molecule has 1 saturated carbocycles. The van der Waals surface area contributed by atoms with Gasteiger partial charge < -0.3 is 9.84 Å². The van der Waals surface area contributed by atoms with Gasteiger partial charge in [-0.25, -0.2) is 0 Å². The number of allylic oxidation sites excluding steroid dienone is 1. The van der Waals surface area contributed by atoms with E-state index in [4.69, 9.17) is 4.74 Å². The number of hydrogen-bond donors (Lipinski definition) is 2. The van der Waals surface area contributed by atoms with Crippen LogP contribution in [-0.4, -0.2) is 24.5 Å². The predicted octanol–water partition coefficient (Wildman–Crippen LogP) is 4.47. The van der Waals surface area contributed by atoms with Gasteiger partial charge in [0.05, 0.1) is 12.4 Å². The summed E-state index contributed by atoms with van der Waals surface area (Å²) in [6, 6.07) is 0. The van der Waals surface area contributed by atoms with Crippen molar-refractivity contribution in [2.75, 3.05) is 7.05 Å². The summed E-state index contributed by atoms with van der Waals surface area (Å²) in [5.41, 5.74) is 0. The molecule has 0 radical (unpaired) electrons. The van der Waals surface area contributed by atoms with Gasteiger partial charge >= 0.3 is 0 Å². The zero-order valence-corrected chi connectivity index (χ0v) is 15.1. The van der Waals surface area contributed by atoms with E-state index in [0.29, 0.717) is 11.8 Å². The lowest BCUT2D eigenvalue weighted by Crippen LogP contribution is -2.26. The fraction of sp³-hybridized carbons (Fsp3) is 0.895. The van der Waals surface area contributed by atoms with E-state index in [1.165, 1.54) is 38.5 Å². The molecule has 0 aliphatic heterocycles. The van der Waals surface area contributed by atoms with Crippen LogP contribution in [0.1, 0.15) is 72.1 Å². The highest BCUT2D eigenvalue weighted by molar-refractivity contribution is 4.95. The molecule has 0 aromatic rings. The molecule has 130 valence electrons. The minimum atomic E-state index is -0.184. The Labute approximate surface area is 137 Å². The van der Waals surface area contributed by atoms with Gasteiger partial charge in [0.2, 0.25) is 0 Å². The average Bonchev–Trinajstić information content (AvgIpc) is 3.27. The standard InChI is InChI=1S/C19H37NO2/c1-5-6-7-8-9-12-19(20-4)22-13-10-11-17-14-18(17)15(2)16(3)21/h10,13,15-21H,5-9,11-12,14H2,1-4H3/b13-10+/t15-,16?,17?,18-,19-/m1/s1. The van der Waals surface area contributed by atoms with Crippen molar-refractivity contribution in [2.45, 2.75) is 84.5 Å². The van der Waals surface area contributed by atoms with Gasteiger partial charge in [-0.2, -0.15) is 0 Å². The van der Waals surface area contributed by atoms with Gasteiger partial charge in [-0.05, 0) is 63.5 Å². The Morgan fingerprint density at radius 3 is 2.59 bits per heavy atom. The molecule has 1 fully saturated rings. The van der Waals surface area contributed by atoms with E-state index >= 15 is 0 Å². The summed E-state index contributed by atoms with van der Waals surface area (Å²) in [4.78, 5) is 0. The fourth-order valence-corrected chi connectivity index (χ4v) is 3.14. The van der Waals surface area contributed by atoms with Gasteiger partial charge in [0.25, 0.3) is 0 Å². The topological polar surface area (TPSA) is 41.5 Å². The minimum Gasteiger partial charge on any atom is -0.483 e. The number of nitrogens with one attached hydrogen (secondary N) is 1. The first-order valence-corrected chi connectivity index (χ1v) is 9.25. The molecule has 0 aromatic heterocycles. The van der Waals surface area contributed by atoms with Crippen molar-refractivity contribution in [1.29, 1.82) is 0 Å². The van der Waals surface area contributed by atoms with Crippen LogP contribution >= 0.6 is 0 Å². The second-order valence-electron chi connectivity index (χ2n) is 6.98. The van der Waals surface area contributed by atoms with Crippen LogP contribution in [0, 0.1) is 17.8 Å². The molecule has 3 heteroatoms. The quantitative estimate of drug-likeness (QED) is 0.300. The molecule has 0 aromatic carbocycles. The molecule has 1 rings (SSSR count). The van der Waals surface area contributed by atoms with Crippen LogP contribution in [0.5, 0.6) is 0 Å². The summed E-state index contributed by atoms with van der Waals surface area (Å²) in [6.07, 6.45) is 13.9. The van der Waals surface area contributed by atoms with Crippen LogP contribution in [0.25, 0.3) is 0 Å². The highest BCUT2D eigenvalue weighted by atomic mass is 16.5. The van der Waals surface area contributed by atoms with Crippen LogP contribution in [0.4, 0.5) is 0 Å². The van der Waals surface area contributed by atoms with E-state index in [0.717, 1.165) is 18.8 Å². The molecule has 0 heterocycles. The average molecular weight is 312 g/mol. The van der Waals surface area contributed by atoms with Crippen molar-refractivity contribution in [3.05, 3.63) is 12.3 Å². The van der Waals surface area contributed by atoms with Crippen molar-refractivity contribution in [3.8, 4) is 0 Å². The summed E-state index contributed by atoms with van der Waals surface area (Å²) < 4.78 is 5.78. The molecule has 22 heavy (non-hydrogen) atoms. The van der Waals surface area contributed by atoms with Gasteiger partial charge in [-0.15, -0.1) is 0 Å². The molecule has 0 saturated heterocycles. The van der Waals surface area contributed by atoms with Crippen LogP contribution in [0.3, 0.4) is 0 Å². The molecule has 5 atom stereocenters. The van der Waals surface area contributed by atoms with Gasteiger partial charge in [0, 0.05) is 0 Å². The SMILES string of the molecule is CCCCCCC[C@H](NC)O/C=C/CC1C[C@@H]1[C@H](C)C(C)O. The molecule has 3 nitrogen and oxygen atoms in total. The highest BCUT2D eigenvalue weighted by Crippen LogP contribution is 2.47. The summed E-state index contributed by atoms with van der Waals surface area (Å²) in [6.45, 7) is 6.30. The second-order valence-corrected chi connectivity index (χ2v) is 6.98. The number of aliphatic hydroxyl groups excluding tert-OH is 1. The third-order valence-electron chi connectivity index (χ3n) is 5.08. The Hall–Kier alpha value is -0.540. The Morgan fingerprint density at radius 2 is 1.95 bits per heavy atom. The Morgan fingerprint density at radius 1 is 1.23 bits per heavy atom. The van der Waals surface area contributed by atoms with E-state index in [-0.39, 0.29) is 12.3 Å². The molecule has 2 unspecified atom stereocenters. The largest absolute Gasteiger partial charge is 0.483 e. The first kappa shape index (κ1) is 19.5. The van der Waals surface area contributed by atoms with Crippen molar-refractivity contribution >= 4 is 0 Å². The Balaban J connectivity index is 2.08. The normalized spacial score (nSPS) is 25.1. The van der Waals surface area contributed by atoms with Crippen LogP contribution < -0.4 is 5.32 Å². The Bertz CT molecular complexity index is 304. The molecule has 0 spiro atoms. The van der Waals surface area contributed by atoms with Crippen molar-refractivity contribution in [2.24, 2.45) is 17.8 Å². The van der Waals surface area contributed by atoms with Crippen LogP contribution in [-0.2, 0) is 4.74 Å². The zero-order valence-electron chi connectivity index (χ0n) is 15.1. The van der Waals surface area contributed by atoms with Gasteiger partial charge in [-0.1, -0.05) is 39.5 Å². The number of unbranched alkanes of at least 4 members (excludes halogenated alkanes) is 4. The lowest BCUT2D eigenvalue weighted by Gasteiger charge is -2.15. The molecular weight excluding hydrogens is 274 g/mol. The smallest absolute Gasteiger partial charge is 0.149 e. The number of aliphatic hydroxyl groups is 1. The maximum absolute atomic E-state index is 9.61. The third kappa shape index (κ3) is 7.64. The van der Waals surface area contributed by atoms with Gasteiger partial charge in [-0.3, -0.25) is 5.32 Å². The van der Waals surface area contributed by atoms with E-state index in [9.17, 15) is 5.11 Å². The minimum absolute atomic E-state index is 0.143. The molecule has 1 aliphatic carbocycles. The van der Waals surface area contributed by atoms with E-state index < -0.39 is 0 Å². The Kier molecular flexibility index (Phi) is 9.81. The highest BCUT2D eigenvalue weighted by Gasteiger charge is 2.41. The number of hydrogen-bond acceptors (Lipinski definition) is 3. The van der Waals surface area contributed by atoms with E-state index in [1.807, 2.05) is 20.2 Å². The van der Waals surface area contributed by atoms with Crippen molar-refractivity contribution < 1.29 is 9.84 Å². The third-order valence-corrected chi connectivity index (χ3v) is 5.08. The zero-order chi connectivity index (χ0) is 16.4. The maximum atomic E-state index is 9.61. The summed E-state index contributed by atoms with van der Waals surface area (Å²) in [5, 5.41) is 12.8. The predicted molar refractivity (Wildman–Crippen MR) is 93.5 cm³/mol. The fourth-order valence-electron chi connectivity index (χ4n) is 3.14. The summed E-state index contributed by atoms with van der Waals surface area (Å²) in [7, 11) is 1.96. The number of ether oxygens (including phenoxy) is 1. The van der Waals surface area contributed by atoms with Gasteiger partial charge in [0.15, 0.2) is 0 Å². The maximum Gasteiger partial charge on any atom is 0.149 e. The molecular formula is C19H37NO2. The van der Waals surface area contributed by atoms with E-state index in [1.54, 1.807) is 0 Å². The monoisotopic (exact) mass is 311 g/mol. The first-order valence-electron chi connectivity index (χ1n) is 9.25. The molecule has 1 aliphatic rings. The second kappa shape index (κ2) is 11.1. The molecule has 0 amide bonds. The lowest BCUT2D eigenvalue weighted by molar-refractivity contribution is 0.107. The van der Waals surface area contributed by atoms with Crippen LogP contribution in [0.2, 0.25) is 0 Å². The lowest BCUT2D eigenvalue weighted by atomic mass is 9.98.